The molecule has 4 heteroatoms. The van der Waals surface area contributed by atoms with Crippen molar-refractivity contribution in [2.45, 2.75) is 51.6 Å². The minimum absolute atomic E-state index is 0.306. The number of hydrogen-bond donors (Lipinski definition) is 1. The highest BCUT2D eigenvalue weighted by Gasteiger charge is 2.36. The van der Waals surface area contributed by atoms with Gasteiger partial charge < -0.3 is 5.32 Å². The van der Waals surface area contributed by atoms with Crippen LogP contribution in [0.2, 0.25) is 0 Å². The van der Waals surface area contributed by atoms with E-state index in [1.165, 1.54) is 47.7 Å². The van der Waals surface area contributed by atoms with E-state index in [1.54, 1.807) is 0 Å². The highest BCUT2D eigenvalue weighted by molar-refractivity contribution is 7.99. The number of thioether (sulfide) groups is 1. The Balaban J connectivity index is 1.65. The van der Waals surface area contributed by atoms with E-state index in [9.17, 15) is 0 Å². The first kappa shape index (κ1) is 16.2. The molecule has 1 N–H and O–H groups in total. The molecule has 0 amide bonds. The molecule has 0 saturated carbocycles. The van der Waals surface area contributed by atoms with Gasteiger partial charge >= 0.3 is 0 Å². The molecule has 128 valence electrons. The van der Waals surface area contributed by atoms with Gasteiger partial charge in [0.15, 0.2) is 0 Å². The predicted molar refractivity (Wildman–Crippen MR) is 102 cm³/mol. The molecule has 3 nitrogen and oxygen atoms in total. The maximum atomic E-state index is 4.75. The standard InChI is InChI=1S/C20H27N3S/c1-20(2)12-18(22-15-8-10-24-11-9-15)17-14-21-23(19(17)13-20)16-6-4-3-5-7-16/h3-7,14-15,18,22H,8-13H2,1-2H3/t18-/m0/s1. The third-order valence-electron chi connectivity index (χ3n) is 5.34. The van der Waals surface area contributed by atoms with E-state index in [0.717, 1.165) is 6.42 Å². The molecular formula is C20H27N3S. The van der Waals surface area contributed by atoms with E-state index in [-0.39, 0.29) is 0 Å². The third kappa shape index (κ3) is 3.27. The van der Waals surface area contributed by atoms with E-state index < -0.39 is 0 Å². The Morgan fingerprint density at radius 3 is 2.67 bits per heavy atom. The second-order valence-corrected chi connectivity index (χ2v) is 9.17. The van der Waals surface area contributed by atoms with Crippen LogP contribution in [-0.4, -0.2) is 27.3 Å². The summed E-state index contributed by atoms with van der Waals surface area (Å²) in [7, 11) is 0. The number of aromatic nitrogens is 2. The number of nitrogens with one attached hydrogen (secondary N) is 1. The molecule has 2 aliphatic rings. The van der Waals surface area contributed by atoms with Crippen LogP contribution in [0.4, 0.5) is 0 Å². The molecule has 24 heavy (non-hydrogen) atoms. The maximum absolute atomic E-state index is 4.75. The van der Waals surface area contributed by atoms with Crippen molar-refractivity contribution in [1.29, 1.82) is 0 Å². The second kappa shape index (κ2) is 6.57. The number of benzene rings is 1. The van der Waals surface area contributed by atoms with Gasteiger partial charge in [0.25, 0.3) is 0 Å². The summed E-state index contributed by atoms with van der Waals surface area (Å²) in [6.45, 7) is 4.79. The summed E-state index contributed by atoms with van der Waals surface area (Å²) in [4.78, 5) is 0. The Morgan fingerprint density at radius 2 is 1.92 bits per heavy atom. The van der Waals surface area contributed by atoms with Gasteiger partial charge in [-0.25, -0.2) is 4.68 Å². The molecule has 1 aliphatic heterocycles. The lowest BCUT2D eigenvalue weighted by Gasteiger charge is -2.38. The van der Waals surface area contributed by atoms with Crippen LogP contribution in [0.3, 0.4) is 0 Å². The van der Waals surface area contributed by atoms with Crippen molar-refractivity contribution in [1.82, 2.24) is 15.1 Å². The lowest BCUT2D eigenvalue weighted by molar-refractivity contribution is 0.238. The van der Waals surface area contributed by atoms with Crippen molar-refractivity contribution < 1.29 is 0 Å². The molecule has 1 aliphatic carbocycles. The number of rotatable bonds is 3. The van der Waals surface area contributed by atoms with E-state index in [2.05, 4.69) is 72.1 Å². The SMILES string of the molecule is CC1(C)Cc2c(cnn2-c2ccccc2)[C@@H](NC2CCSCC2)C1. The van der Waals surface area contributed by atoms with Gasteiger partial charge in [0.2, 0.25) is 0 Å². The number of hydrogen-bond acceptors (Lipinski definition) is 3. The summed E-state index contributed by atoms with van der Waals surface area (Å²) in [6, 6.07) is 11.6. The first-order valence-corrected chi connectivity index (χ1v) is 10.2. The molecule has 4 rings (SSSR count). The molecule has 0 unspecified atom stereocenters. The van der Waals surface area contributed by atoms with Gasteiger partial charge in [0.1, 0.15) is 0 Å². The summed E-state index contributed by atoms with van der Waals surface area (Å²) >= 11 is 2.09. The molecule has 0 radical (unpaired) electrons. The Morgan fingerprint density at radius 1 is 1.17 bits per heavy atom. The molecule has 1 aromatic carbocycles. The maximum Gasteiger partial charge on any atom is 0.0648 e. The fourth-order valence-corrected chi connectivity index (χ4v) is 5.24. The molecular weight excluding hydrogens is 314 g/mol. The van der Waals surface area contributed by atoms with Crippen molar-refractivity contribution in [2.75, 3.05) is 11.5 Å². The van der Waals surface area contributed by atoms with Gasteiger partial charge in [0.05, 0.1) is 11.9 Å². The van der Waals surface area contributed by atoms with Crippen molar-refractivity contribution in [3.63, 3.8) is 0 Å². The first-order chi connectivity index (χ1) is 11.6. The number of fused-ring (bicyclic) bond motifs is 1. The summed E-state index contributed by atoms with van der Waals surface area (Å²) in [5.74, 6) is 2.59. The molecule has 2 aromatic rings. The predicted octanol–water partition coefficient (Wildman–Crippen LogP) is 4.37. The van der Waals surface area contributed by atoms with Gasteiger partial charge in [-0.1, -0.05) is 32.0 Å². The summed E-state index contributed by atoms with van der Waals surface area (Å²) in [5, 5.41) is 8.72. The van der Waals surface area contributed by atoms with E-state index in [4.69, 9.17) is 5.10 Å². The van der Waals surface area contributed by atoms with E-state index >= 15 is 0 Å². The minimum Gasteiger partial charge on any atom is -0.307 e. The highest BCUT2D eigenvalue weighted by Crippen LogP contribution is 2.42. The average molecular weight is 342 g/mol. The van der Waals surface area contributed by atoms with Gasteiger partial charge in [-0.15, -0.1) is 0 Å². The fourth-order valence-electron chi connectivity index (χ4n) is 4.13. The lowest BCUT2D eigenvalue weighted by Crippen LogP contribution is -2.40. The Labute approximate surface area is 149 Å². The average Bonchev–Trinajstić information content (AvgIpc) is 2.99. The van der Waals surface area contributed by atoms with Gasteiger partial charge in [-0.3, -0.25) is 0 Å². The fraction of sp³-hybridized carbons (Fsp3) is 0.550. The Kier molecular flexibility index (Phi) is 4.44. The zero-order valence-corrected chi connectivity index (χ0v) is 15.5. The van der Waals surface area contributed by atoms with Crippen molar-refractivity contribution >= 4 is 11.8 Å². The zero-order chi connectivity index (χ0) is 16.6. The molecule has 0 spiro atoms. The van der Waals surface area contributed by atoms with Crippen LogP contribution in [0.1, 0.15) is 50.4 Å². The quantitative estimate of drug-likeness (QED) is 0.899. The number of nitrogens with zero attached hydrogens (tertiary/aromatic N) is 2. The number of para-hydroxylation sites is 1. The Bertz CT molecular complexity index is 686. The van der Waals surface area contributed by atoms with Crippen molar-refractivity contribution in [3.05, 3.63) is 47.8 Å². The van der Waals surface area contributed by atoms with Crippen LogP contribution in [0, 0.1) is 5.41 Å². The zero-order valence-electron chi connectivity index (χ0n) is 14.7. The van der Waals surface area contributed by atoms with Crippen molar-refractivity contribution in [3.8, 4) is 5.69 Å². The minimum atomic E-state index is 0.306. The smallest absolute Gasteiger partial charge is 0.0648 e. The van der Waals surface area contributed by atoms with Crippen molar-refractivity contribution in [2.24, 2.45) is 5.41 Å². The lowest BCUT2D eigenvalue weighted by atomic mass is 9.74. The Hall–Kier alpha value is -1.26. The molecule has 1 saturated heterocycles. The van der Waals surface area contributed by atoms with Crippen LogP contribution >= 0.6 is 11.8 Å². The van der Waals surface area contributed by atoms with Crippen LogP contribution in [-0.2, 0) is 6.42 Å². The van der Waals surface area contributed by atoms with Crippen LogP contribution < -0.4 is 5.32 Å². The summed E-state index contributed by atoms with van der Waals surface area (Å²) in [6.07, 6.45) is 6.99. The van der Waals surface area contributed by atoms with E-state index in [1.807, 2.05) is 0 Å². The topological polar surface area (TPSA) is 29.9 Å². The first-order valence-electron chi connectivity index (χ1n) is 9.08. The van der Waals surface area contributed by atoms with Gasteiger partial charge in [-0.05, 0) is 54.7 Å². The highest BCUT2D eigenvalue weighted by atomic mass is 32.2. The van der Waals surface area contributed by atoms with Crippen LogP contribution in [0.25, 0.3) is 5.69 Å². The van der Waals surface area contributed by atoms with Gasteiger partial charge in [0, 0.05) is 23.3 Å². The van der Waals surface area contributed by atoms with E-state index in [0.29, 0.717) is 17.5 Å². The molecule has 1 aromatic heterocycles. The van der Waals surface area contributed by atoms with Gasteiger partial charge in [-0.2, -0.15) is 16.9 Å². The molecule has 1 atom stereocenters. The molecule has 1 fully saturated rings. The summed E-state index contributed by atoms with van der Waals surface area (Å²) < 4.78 is 2.15. The molecule has 0 bridgehead atoms. The summed E-state index contributed by atoms with van der Waals surface area (Å²) in [5.41, 5.74) is 4.28. The normalized spacial score (nSPS) is 23.8. The van der Waals surface area contributed by atoms with Crippen LogP contribution in [0.15, 0.2) is 36.5 Å². The third-order valence-corrected chi connectivity index (χ3v) is 6.39. The van der Waals surface area contributed by atoms with Crippen LogP contribution in [0.5, 0.6) is 0 Å². The largest absolute Gasteiger partial charge is 0.307 e. The monoisotopic (exact) mass is 341 g/mol. The second-order valence-electron chi connectivity index (χ2n) is 7.94. The molecule has 2 heterocycles.